The van der Waals surface area contributed by atoms with Gasteiger partial charge in [0.2, 0.25) is 0 Å². The van der Waals surface area contributed by atoms with Gasteiger partial charge in [-0.05, 0) is 6.92 Å². The number of aromatic nitrogens is 1. The van der Waals surface area contributed by atoms with E-state index in [1.54, 1.807) is 13.1 Å². The van der Waals surface area contributed by atoms with Crippen LogP contribution in [0, 0.1) is 6.92 Å². The third-order valence-corrected chi connectivity index (χ3v) is 1.36. The zero-order valence-corrected chi connectivity index (χ0v) is 5.97. The molecule has 54 valence electrons. The number of pyridine rings is 1. The van der Waals surface area contributed by atoms with Gasteiger partial charge in [0.15, 0.2) is 11.3 Å². The van der Waals surface area contributed by atoms with E-state index >= 15 is 0 Å². The average molecular weight is 139 g/mol. The lowest BCUT2D eigenvalue weighted by Crippen LogP contribution is -2.05. The van der Waals surface area contributed by atoms with E-state index in [0.29, 0.717) is 11.4 Å². The fourth-order valence-corrected chi connectivity index (χ4v) is 0.750. The van der Waals surface area contributed by atoms with Gasteiger partial charge >= 0.3 is 0 Å². The second kappa shape index (κ2) is 2.56. The summed E-state index contributed by atoms with van der Waals surface area (Å²) in [5, 5.41) is 0. The van der Waals surface area contributed by atoms with Gasteiger partial charge in [0.05, 0.1) is 12.7 Å². The molecule has 0 spiro atoms. The minimum atomic E-state index is -0.00407. The summed E-state index contributed by atoms with van der Waals surface area (Å²) in [4.78, 5) is 13.7. The maximum atomic E-state index is 10.9. The van der Waals surface area contributed by atoms with Gasteiger partial charge in [0.1, 0.15) is 0 Å². The first-order valence-electron chi connectivity index (χ1n) is 2.98. The molecule has 1 aromatic rings. The van der Waals surface area contributed by atoms with E-state index in [-0.39, 0.29) is 5.43 Å². The highest BCUT2D eigenvalue weighted by atomic mass is 16.5. The van der Waals surface area contributed by atoms with Crippen LogP contribution < -0.4 is 10.2 Å². The maximum Gasteiger partial charge on any atom is 0.197 e. The summed E-state index contributed by atoms with van der Waals surface area (Å²) in [7, 11) is 1.53. The van der Waals surface area contributed by atoms with Crippen molar-refractivity contribution in [3.05, 3.63) is 28.0 Å². The number of aromatic amines is 1. The highest BCUT2D eigenvalue weighted by Gasteiger charge is 1.98. The van der Waals surface area contributed by atoms with E-state index < -0.39 is 0 Å². The first kappa shape index (κ1) is 6.86. The van der Waals surface area contributed by atoms with Crippen LogP contribution in [0.1, 0.15) is 5.56 Å². The molecule has 0 atom stereocenters. The van der Waals surface area contributed by atoms with E-state index in [2.05, 4.69) is 4.98 Å². The zero-order chi connectivity index (χ0) is 7.56. The number of H-pyrrole nitrogens is 1. The molecule has 0 radical (unpaired) electrons. The Kier molecular flexibility index (Phi) is 1.76. The van der Waals surface area contributed by atoms with Gasteiger partial charge in [0.25, 0.3) is 0 Å². The molecule has 1 rings (SSSR count). The summed E-state index contributed by atoms with van der Waals surface area (Å²) in [5.74, 6) is 0.535. The van der Waals surface area contributed by atoms with E-state index in [9.17, 15) is 4.79 Å². The Morgan fingerprint density at radius 1 is 1.60 bits per heavy atom. The van der Waals surface area contributed by atoms with Gasteiger partial charge in [-0.2, -0.15) is 0 Å². The zero-order valence-electron chi connectivity index (χ0n) is 5.97. The van der Waals surface area contributed by atoms with Crippen LogP contribution in [0.3, 0.4) is 0 Å². The topological polar surface area (TPSA) is 42.1 Å². The molecule has 10 heavy (non-hydrogen) atoms. The highest BCUT2D eigenvalue weighted by Crippen LogP contribution is 2.05. The first-order valence-corrected chi connectivity index (χ1v) is 2.98. The molecule has 3 heteroatoms. The number of ether oxygens (including phenoxy) is 1. The standard InChI is InChI=1S/C7H9NO2/c1-5-6(9)3-4-8-7(5)10-2/h3-4H,1-2H3,(H,8,9). The molecule has 0 aliphatic rings. The van der Waals surface area contributed by atoms with Gasteiger partial charge in [-0.15, -0.1) is 0 Å². The van der Waals surface area contributed by atoms with Gasteiger partial charge < -0.3 is 9.72 Å². The Hall–Kier alpha value is -1.25. The lowest BCUT2D eigenvalue weighted by molar-refractivity contribution is 0.394. The fourth-order valence-electron chi connectivity index (χ4n) is 0.750. The summed E-state index contributed by atoms with van der Waals surface area (Å²) >= 11 is 0. The minimum absolute atomic E-state index is 0.00407. The first-order chi connectivity index (χ1) is 4.75. The number of hydrogen-bond donors (Lipinski definition) is 1. The van der Waals surface area contributed by atoms with Crippen LogP contribution in [0.2, 0.25) is 0 Å². The number of hydrogen-bond acceptors (Lipinski definition) is 2. The van der Waals surface area contributed by atoms with Crippen molar-refractivity contribution < 1.29 is 4.74 Å². The van der Waals surface area contributed by atoms with E-state index in [0.717, 1.165) is 0 Å². The Morgan fingerprint density at radius 3 is 2.80 bits per heavy atom. The molecule has 0 aliphatic carbocycles. The van der Waals surface area contributed by atoms with Crippen molar-refractivity contribution in [1.29, 1.82) is 0 Å². The SMILES string of the molecule is COc1[nH]ccc(=O)c1C. The van der Waals surface area contributed by atoms with E-state index in [1.807, 2.05) is 0 Å². The Labute approximate surface area is 58.7 Å². The van der Waals surface area contributed by atoms with Gasteiger partial charge in [-0.3, -0.25) is 4.79 Å². The molecule has 3 nitrogen and oxygen atoms in total. The van der Waals surface area contributed by atoms with Crippen molar-refractivity contribution in [3.8, 4) is 5.88 Å². The summed E-state index contributed by atoms with van der Waals surface area (Å²) in [6, 6.07) is 1.47. The molecule has 0 unspecified atom stereocenters. The van der Waals surface area contributed by atoms with Crippen molar-refractivity contribution in [3.63, 3.8) is 0 Å². The molecule has 0 amide bonds. The quantitative estimate of drug-likeness (QED) is 0.622. The fraction of sp³-hybridized carbons (Fsp3) is 0.286. The van der Waals surface area contributed by atoms with Gasteiger partial charge in [-0.25, -0.2) is 0 Å². The molecule has 0 bridgehead atoms. The predicted molar refractivity (Wildman–Crippen MR) is 38.4 cm³/mol. The molecule has 0 saturated carbocycles. The van der Waals surface area contributed by atoms with Crippen molar-refractivity contribution in [2.45, 2.75) is 6.92 Å². The van der Waals surface area contributed by atoms with Crippen molar-refractivity contribution in [1.82, 2.24) is 4.98 Å². The summed E-state index contributed by atoms with van der Waals surface area (Å²) in [5.41, 5.74) is 0.612. The molecule has 1 heterocycles. The third kappa shape index (κ3) is 1.03. The monoisotopic (exact) mass is 139 g/mol. The Balaban J connectivity index is 3.28. The van der Waals surface area contributed by atoms with Crippen molar-refractivity contribution >= 4 is 0 Å². The van der Waals surface area contributed by atoms with Crippen LogP contribution in [0.5, 0.6) is 5.88 Å². The Bertz CT molecular complexity index is 277. The van der Waals surface area contributed by atoms with Crippen molar-refractivity contribution in [2.24, 2.45) is 0 Å². The summed E-state index contributed by atoms with van der Waals surface area (Å²) in [6.07, 6.45) is 1.56. The highest BCUT2D eigenvalue weighted by molar-refractivity contribution is 5.23. The van der Waals surface area contributed by atoms with Crippen LogP contribution in [-0.4, -0.2) is 12.1 Å². The molecule has 0 aliphatic heterocycles. The number of methoxy groups -OCH3 is 1. The van der Waals surface area contributed by atoms with Gasteiger partial charge in [0, 0.05) is 12.3 Å². The number of rotatable bonds is 1. The van der Waals surface area contributed by atoms with Crippen LogP contribution >= 0.6 is 0 Å². The van der Waals surface area contributed by atoms with Crippen LogP contribution in [0.15, 0.2) is 17.1 Å². The summed E-state index contributed by atoms with van der Waals surface area (Å²) in [6.45, 7) is 1.72. The summed E-state index contributed by atoms with van der Waals surface area (Å²) < 4.78 is 4.87. The normalized spacial score (nSPS) is 9.40. The van der Waals surface area contributed by atoms with Crippen LogP contribution in [-0.2, 0) is 0 Å². The lowest BCUT2D eigenvalue weighted by Gasteiger charge is -2.00. The minimum Gasteiger partial charge on any atom is -0.482 e. The molecule has 1 N–H and O–H groups in total. The van der Waals surface area contributed by atoms with Crippen molar-refractivity contribution in [2.75, 3.05) is 7.11 Å². The molecular weight excluding hydrogens is 130 g/mol. The van der Waals surface area contributed by atoms with Gasteiger partial charge in [-0.1, -0.05) is 0 Å². The van der Waals surface area contributed by atoms with Crippen LogP contribution in [0.25, 0.3) is 0 Å². The molecule has 1 aromatic heterocycles. The lowest BCUT2D eigenvalue weighted by atomic mass is 10.3. The van der Waals surface area contributed by atoms with Crippen LogP contribution in [0.4, 0.5) is 0 Å². The predicted octanol–water partition coefficient (Wildman–Crippen LogP) is 0.692. The molecule has 0 saturated heterocycles. The molecule has 0 fully saturated rings. The smallest absolute Gasteiger partial charge is 0.197 e. The van der Waals surface area contributed by atoms with E-state index in [4.69, 9.17) is 4.74 Å². The Morgan fingerprint density at radius 2 is 2.30 bits per heavy atom. The average Bonchev–Trinajstić information content (AvgIpc) is 1.95. The largest absolute Gasteiger partial charge is 0.482 e. The second-order valence-electron chi connectivity index (χ2n) is 2.00. The number of nitrogens with one attached hydrogen (secondary N) is 1. The maximum absolute atomic E-state index is 10.9. The third-order valence-electron chi connectivity index (χ3n) is 1.36. The molecule has 0 aromatic carbocycles. The molecular formula is C7H9NO2. The second-order valence-corrected chi connectivity index (χ2v) is 2.00. The van der Waals surface area contributed by atoms with E-state index in [1.165, 1.54) is 13.2 Å².